The lowest BCUT2D eigenvalue weighted by atomic mass is 9.79. The number of carbonyl (C=O) groups excluding carboxylic acids is 1. The van der Waals surface area contributed by atoms with Crippen molar-refractivity contribution in [1.82, 2.24) is 15.2 Å². The molecule has 2 saturated heterocycles. The van der Waals surface area contributed by atoms with Crippen molar-refractivity contribution in [3.05, 3.63) is 34.5 Å². The molecule has 0 atom stereocenters. The van der Waals surface area contributed by atoms with Crippen LogP contribution in [0, 0.1) is 17.0 Å². The second kappa shape index (κ2) is 4.67. The van der Waals surface area contributed by atoms with Crippen molar-refractivity contribution < 1.29 is 13.6 Å². The maximum absolute atomic E-state index is 13.8. The third-order valence-electron chi connectivity index (χ3n) is 4.65. The van der Waals surface area contributed by atoms with E-state index in [2.05, 4.69) is 10.3 Å². The molecule has 4 nitrogen and oxygen atoms in total. The Kier molecular flexibility index (Phi) is 2.96. The molecule has 22 heavy (non-hydrogen) atoms. The summed E-state index contributed by atoms with van der Waals surface area (Å²) in [4.78, 5) is 16.9. The standard InChI is InChI=1S/C15H14ClF2N3O/c16-9-3-8-4-10(20-13(8)12(18)11(9)17)14(22)21-6-15(7-21)1-2-19-5-15/h3-4,19-20H,1-2,5-7H2. The van der Waals surface area contributed by atoms with Gasteiger partial charge in [-0.1, -0.05) is 11.6 Å². The Hall–Kier alpha value is -1.66. The van der Waals surface area contributed by atoms with Gasteiger partial charge in [-0.15, -0.1) is 0 Å². The molecule has 2 fully saturated rings. The summed E-state index contributed by atoms with van der Waals surface area (Å²) in [6.07, 6.45) is 1.07. The van der Waals surface area contributed by atoms with Gasteiger partial charge in [-0.25, -0.2) is 8.78 Å². The fraction of sp³-hybridized carbons (Fsp3) is 0.400. The molecule has 1 amide bonds. The highest BCUT2D eigenvalue weighted by atomic mass is 35.5. The number of benzene rings is 1. The number of rotatable bonds is 1. The van der Waals surface area contributed by atoms with Gasteiger partial charge in [0.1, 0.15) is 5.69 Å². The minimum atomic E-state index is -1.10. The zero-order chi connectivity index (χ0) is 15.5. The fourth-order valence-corrected chi connectivity index (χ4v) is 3.64. The lowest BCUT2D eigenvalue weighted by molar-refractivity contribution is 0.0155. The predicted octanol–water partition coefficient (Wildman–Crippen LogP) is 2.54. The van der Waals surface area contributed by atoms with Crippen LogP contribution in [0.3, 0.4) is 0 Å². The van der Waals surface area contributed by atoms with Gasteiger partial charge in [0, 0.05) is 30.4 Å². The van der Waals surface area contributed by atoms with Crippen LogP contribution in [0.15, 0.2) is 12.1 Å². The molecule has 1 spiro atoms. The molecular weight excluding hydrogens is 312 g/mol. The molecule has 7 heteroatoms. The molecular formula is C15H14ClF2N3O. The Morgan fingerprint density at radius 1 is 1.27 bits per heavy atom. The Labute approximate surface area is 130 Å². The largest absolute Gasteiger partial charge is 0.348 e. The summed E-state index contributed by atoms with van der Waals surface area (Å²) in [5.41, 5.74) is 0.432. The lowest BCUT2D eigenvalue weighted by Crippen LogP contribution is -2.59. The molecule has 4 rings (SSSR count). The molecule has 2 aliphatic heterocycles. The number of halogens is 3. The molecule has 1 aromatic heterocycles. The van der Waals surface area contributed by atoms with Gasteiger partial charge in [-0.05, 0) is 25.1 Å². The average Bonchev–Trinajstić information content (AvgIpc) is 3.09. The van der Waals surface area contributed by atoms with E-state index in [0.717, 1.165) is 19.5 Å². The zero-order valence-electron chi connectivity index (χ0n) is 11.7. The molecule has 0 saturated carbocycles. The second-order valence-corrected chi connectivity index (χ2v) is 6.63. The molecule has 0 radical (unpaired) electrons. The summed E-state index contributed by atoms with van der Waals surface area (Å²) < 4.78 is 27.3. The van der Waals surface area contributed by atoms with E-state index >= 15 is 0 Å². The van der Waals surface area contributed by atoms with Crippen molar-refractivity contribution in [3.63, 3.8) is 0 Å². The van der Waals surface area contributed by atoms with Gasteiger partial charge in [0.15, 0.2) is 11.6 Å². The summed E-state index contributed by atoms with van der Waals surface area (Å²) in [7, 11) is 0. The number of H-pyrrole nitrogens is 1. The molecule has 0 aliphatic carbocycles. The summed E-state index contributed by atoms with van der Waals surface area (Å²) in [6.45, 7) is 3.31. The monoisotopic (exact) mass is 325 g/mol. The van der Waals surface area contributed by atoms with Gasteiger partial charge in [0.05, 0.1) is 10.5 Å². The first-order valence-electron chi connectivity index (χ1n) is 7.15. The molecule has 2 aliphatic rings. The highest BCUT2D eigenvalue weighted by molar-refractivity contribution is 6.31. The maximum atomic E-state index is 13.8. The van der Waals surface area contributed by atoms with Crippen LogP contribution in [0.5, 0.6) is 0 Å². The van der Waals surface area contributed by atoms with Gasteiger partial charge in [0.25, 0.3) is 5.91 Å². The van der Waals surface area contributed by atoms with Crippen LogP contribution in [0.2, 0.25) is 5.02 Å². The van der Waals surface area contributed by atoms with E-state index in [4.69, 9.17) is 11.6 Å². The number of nitrogens with one attached hydrogen (secondary N) is 2. The van der Waals surface area contributed by atoms with Gasteiger partial charge >= 0.3 is 0 Å². The van der Waals surface area contributed by atoms with Crippen LogP contribution in [0.1, 0.15) is 16.9 Å². The zero-order valence-corrected chi connectivity index (χ0v) is 12.4. The lowest BCUT2D eigenvalue weighted by Gasteiger charge is -2.47. The summed E-state index contributed by atoms with van der Waals surface area (Å²) in [5.74, 6) is -2.35. The van der Waals surface area contributed by atoms with Crippen LogP contribution < -0.4 is 5.32 Å². The van der Waals surface area contributed by atoms with Crippen LogP contribution >= 0.6 is 11.6 Å². The smallest absolute Gasteiger partial charge is 0.270 e. The molecule has 0 bridgehead atoms. The van der Waals surface area contributed by atoms with E-state index in [1.54, 1.807) is 4.90 Å². The number of fused-ring (bicyclic) bond motifs is 1. The minimum Gasteiger partial charge on any atom is -0.348 e. The van der Waals surface area contributed by atoms with Crippen LogP contribution in [-0.4, -0.2) is 42.0 Å². The Morgan fingerprint density at radius 3 is 2.73 bits per heavy atom. The van der Waals surface area contributed by atoms with Crippen LogP contribution in [-0.2, 0) is 0 Å². The highest BCUT2D eigenvalue weighted by Gasteiger charge is 2.47. The molecule has 116 valence electrons. The maximum Gasteiger partial charge on any atom is 0.270 e. The normalized spacial score (nSPS) is 19.9. The first-order valence-corrected chi connectivity index (χ1v) is 7.53. The van der Waals surface area contributed by atoms with Crippen molar-refractivity contribution in [2.24, 2.45) is 5.41 Å². The molecule has 3 heterocycles. The number of amides is 1. The minimum absolute atomic E-state index is 0.0250. The Balaban J connectivity index is 1.62. The summed E-state index contributed by atoms with van der Waals surface area (Å²) in [6, 6.07) is 2.84. The van der Waals surface area contributed by atoms with Crippen molar-refractivity contribution in [3.8, 4) is 0 Å². The molecule has 2 aromatic rings. The van der Waals surface area contributed by atoms with Crippen molar-refractivity contribution in [2.45, 2.75) is 6.42 Å². The third kappa shape index (κ3) is 1.94. The van der Waals surface area contributed by atoms with E-state index < -0.39 is 11.6 Å². The van der Waals surface area contributed by atoms with E-state index in [-0.39, 0.29) is 27.6 Å². The van der Waals surface area contributed by atoms with Crippen molar-refractivity contribution in [1.29, 1.82) is 0 Å². The Morgan fingerprint density at radius 2 is 2.05 bits per heavy atom. The van der Waals surface area contributed by atoms with E-state index in [1.165, 1.54) is 12.1 Å². The van der Waals surface area contributed by atoms with Gasteiger partial charge in [-0.2, -0.15) is 0 Å². The SMILES string of the molecule is O=C(c1cc2cc(Cl)c(F)c(F)c2[nH]1)N1CC2(CCNC2)C1. The van der Waals surface area contributed by atoms with Gasteiger partial charge < -0.3 is 15.2 Å². The first-order chi connectivity index (χ1) is 10.5. The summed E-state index contributed by atoms with van der Waals surface area (Å²) in [5, 5.41) is 3.41. The number of likely N-dealkylation sites (tertiary alicyclic amines) is 1. The quantitative estimate of drug-likeness (QED) is 0.792. The fourth-order valence-electron chi connectivity index (χ4n) is 3.44. The predicted molar refractivity (Wildman–Crippen MR) is 79.0 cm³/mol. The van der Waals surface area contributed by atoms with E-state index in [0.29, 0.717) is 18.5 Å². The first kappa shape index (κ1) is 14.0. The Bertz CT molecular complexity index is 775. The second-order valence-electron chi connectivity index (χ2n) is 6.22. The number of aromatic nitrogens is 1. The number of aromatic amines is 1. The molecule has 1 aromatic carbocycles. The third-order valence-corrected chi connectivity index (χ3v) is 4.93. The van der Waals surface area contributed by atoms with Crippen molar-refractivity contribution >= 4 is 28.4 Å². The van der Waals surface area contributed by atoms with Crippen LogP contribution in [0.4, 0.5) is 8.78 Å². The topological polar surface area (TPSA) is 48.1 Å². The average molecular weight is 326 g/mol. The van der Waals surface area contributed by atoms with Gasteiger partial charge in [0.2, 0.25) is 0 Å². The number of hydrogen-bond donors (Lipinski definition) is 2. The van der Waals surface area contributed by atoms with Crippen molar-refractivity contribution in [2.75, 3.05) is 26.2 Å². The molecule has 2 N–H and O–H groups in total. The number of hydrogen-bond acceptors (Lipinski definition) is 2. The summed E-state index contributed by atoms with van der Waals surface area (Å²) >= 11 is 5.63. The van der Waals surface area contributed by atoms with Gasteiger partial charge in [-0.3, -0.25) is 4.79 Å². The van der Waals surface area contributed by atoms with E-state index in [9.17, 15) is 13.6 Å². The van der Waals surface area contributed by atoms with Crippen LogP contribution in [0.25, 0.3) is 10.9 Å². The number of carbonyl (C=O) groups is 1. The number of nitrogens with zero attached hydrogens (tertiary/aromatic N) is 1. The highest BCUT2D eigenvalue weighted by Crippen LogP contribution is 2.37. The van der Waals surface area contributed by atoms with E-state index in [1.807, 2.05) is 0 Å². The molecule has 0 unspecified atom stereocenters.